The lowest BCUT2D eigenvalue weighted by molar-refractivity contribution is -0.132. The molecule has 1 aliphatic heterocycles. The molecule has 0 unspecified atom stereocenters. The van der Waals surface area contributed by atoms with Gasteiger partial charge in [0.2, 0.25) is 0 Å². The molecule has 1 amide bonds. The zero-order valence-electron chi connectivity index (χ0n) is 10.9. The molecule has 0 atom stereocenters. The van der Waals surface area contributed by atoms with Crippen molar-refractivity contribution in [3.8, 4) is 11.5 Å². The van der Waals surface area contributed by atoms with E-state index in [2.05, 4.69) is 0 Å². The van der Waals surface area contributed by atoms with Crippen molar-refractivity contribution in [1.29, 1.82) is 0 Å². The molecule has 0 aliphatic carbocycles. The molecule has 5 heteroatoms. The molecule has 1 saturated heterocycles. The van der Waals surface area contributed by atoms with Crippen LogP contribution in [0.2, 0.25) is 0 Å². The number of phenols is 1. The maximum atomic E-state index is 11.8. The number of nitrogens with zero attached hydrogens (tertiary/aromatic N) is 1. The molecule has 1 fully saturated rings. The van der Waals surface area contributed by atoms with Gasteiger partial charge in [0, 0.05) is 19.2 Å². The lowest BCUT2D eigenvalue weighted by atomic mass is 10.1. The minimum atomic E-state index is -0.211. The second-order valence-electron chi connectivity index (χ2n) is 4.61. The standard InChI is InChI=1S/C14H17NO4/c1-10(16)12-5-4-11(8-13(12)17)19-9-14(18)15-6-2-3-7-15/h4-5,8,17H,2-3,6-7,9H2,1H3. The highest BCUT2D eigenvalue weighted by Crippen LogP contribution is 2.24. The van der Waals surface area contributed by atoms with Crippen molar-refractivity contribution in [2.45, 2.75) is 19.8 Å². The molecule has 0 radical (unpaired) electrons. The van der Waals surface area contributed by atoms with E-state index in [-0.39, 0.29) is 29.6 Å². The fourth-order valence-corrected chi connectivity index (χ4v) is 2.10. The van der Waals surface area contributed by atoms with Crippen molar-refractivity contribution in [1.82, 2.24) is 4.90 Å². The number of rotatable bonds is 4. The number of ketones is 1. The van der Waals surface area contributed by atoms with Gasteiger partial charge in [-0.05, 0) is 31.9 Å². The van der Waals surface area contributed by atoms with Crippen molar-refractivity contribution in [3.05, 3.63) is 23.8 Å². The molecule has 2 rings (SSSR count). The molecule has 1 aromatic carbocycles. The number of hydrogen-bond acceptors (Lipinski definition) is 4. The number of hydrogen-bond donors (Lipinski definition) is 1. The van der Waals surface area contributed by atoms with Crippen LogP contribution in [0.1, 0.15) is 30.1 Å². The Morgan fingerprint density at radius 3 is 2.58 bits per heavy atom. The second kappa shape index (κ2) is 5.73. The Balaban J connectivity index is 1.94. The van der Waals surface area contributed by atoms with E-state index in [9.17, 15) is 14.7 Å². The topological polar surface area (TPSA) is 66.8 Å². The maximum absolute atomic E-state index is 11.8. The second-order valence-corrected chi connectivity index (χ2v) is 4.61. The van der Waals surface area contributed by atoms with Crippen LogP contribution in [-0.4, -0.2) is 41.4 Å². The van der Waals surface area contributed by atoms with Gasteiger partial charge < -0.3 is 14.7 Å². The molecular weight excluding hydrogens is 246 g/mol. The molecular formula is C14H17NO4. The third-order valence-corrected chi connectivity index (χ3v) is 3.17. The summed E-state index contributed by atoms with van der Waals surface area (Å²) >= 11 is 0. The highest BCUT2D eigenvalue weighted by molar-refractivity contribution is 5.96. The quantitative estimate of drug-likeness (QED) is 0.838. The first-order chi connectivity index (χ1) is 9.08. The highest BCUT2D eigenvalue weighted by atomic mass is 16.5. The van der Waals surface area contributed by atoms with E-state index in [1.807, 2.05) is 0 Å². The van der Waals surface area contributed by atoms with Crippen molar-refractivity contribution in [2.75, 3.05) is 19.7 Å². The lowest BCUT2D eigenvalue weighted by Gasteiger charge is -2.15. The van der Waals surface area contributed by atoms with Gasteiger partial charge in [-0.1, -0.05) is 0 Å². The molecule has 1 heterocycles. The summed E-state index contributed by atoms with van der Waals surface area (Å²) in [6.07, 6.45) is 2.08. The van der Waals surface area contributed by atoms with Crippen molar-refractivity contribution >= 4 is 11.7 Å². The van der Waals surface area contributed by atoms with Gasteiger partial charge in [-0.3, -0.25) is 9.59 Å². The largest absolute Gasteiger partial charge is 0.507 e. The van der Waals surface area contributed by atoms with Gasteiger partial charge >= 0.3 is 0 Å². The predicted octanol–water partition coefficient (Wildman–Crippen LogP) is 1.60. The summed E-state index contributed by atoms with van der Waals surface area (Å²) in [5.41, 5.74) is 0.248. The predicted molar refractivity (Wildman–Crippen MR) is 69.4 cm³/mol. The molecule has 5 nitrogen and oxygen atoms in total. The molecule has 102 valence electrons. The first-order valence-corrected chi connectivity index (χ1v) is 6.32. The fourth-order valence-electron chi connectivity index (χ4n) is 2.10. The molecule has 0 saturated carbocycles. The fraction of sp³-hybridized carbons (Fsp3) is 0.429. The highest BCUT2D eigenvalue weighted by Gasteiger charge is 2.18. The Morgan fingerprint density at radius 2 is 2.00 bits per heavy atom. The number of aromatic hydroxyl groups is 1. The Kier molecular flexibility index (Phi) is 4.04. The molecule has 1 aliphatic rings. The Bertz CT molecular complexity index is 492. The third kappa shape index (κ3) is 3.24. The third-order valence-electron chi connectivity index (χ3n) is 3.17. The zero-order chi connectivity index (χ0) is 13.8. The molecule has 19 heavy (non-hydrogen) atoms. The molecule has 1 aromatic rings. The number of carbonyl (C=O) groups excluding carboxylic acids is 2. The Hall–Kier alpha value is -2.04. The number of benzene rings is 1. The van der Waals surface area contributed by atoms with E-state index in [1.54, 1.807) is 11.0 Å². The number of ether oxygens (including phenoxy) is 1. The number of carbonyl (C=O) groups is 2. The minimum Gasteiger partial charge on any atom is -0.507 e. The summed E-state index contributed by atoms with van der Waals surface area (Å²) in [5.74, 6) is -0.00139. The van der Waals surface area contributed by atoms with E-state index in [0.29, 0.717) is 5.75 Å². The number of likely N-dealkylation sites (tertiary alicyclic amines) is 1. The van der Waals surface area contributed by atoms with Crippen LogP contribution in [0.5, 0.6) is 11.5 Å². The van der Waals surface area contributed by atoms with Crippen molar-refractivity contribution in [2.24, 2.45) is 0 Å². The Morgan fingerprint density at radius 1 is 1.32 bits per heavy atom. The van der Waals surface area contributed by atoms with E-state index < -0.39 is 0 Å². The summed E-state index contributed by atoms with van der Waals surface area (Å²) in [6.45, 7) is 2.92. The van der Waals surface area contributed by atoms with E-state index in [4.69, 9.17) is 4.74 Å². The van der Waals surface area contributed by atoms with Gasteiger partial charge in [0.1, 0.15) is 11.5 Å². The lowest BCUT2D eigenvalue weighted by Crippen LogP contribution is -2.32. The average molecular weight is 263 g/mol. The minimum absolute atomic E-state index is 0.0428. The SMILES string of the molecule is CC(=O)c1ccc(OCC(=O)N2CCCC2)cc1O. The van der Waals surface area contributed by atoms with Gasteiger partial charge in [0.05, 0.1) is 5.56 Å². The first kappa shape index (κ1) is 13.4. The zero-order valence-corrected chi connectivity index (χ0v) is 10.9. The maximum Gasteiger partial charge on any atom is 0.260 e. The van der Waals surface area contributed by atoms with Crippen LogP contribution >= 0.6 is 0 Å². The summed E-state index contributed by atoms with van der Waals surface area (Å²) in [6, 6.07) is 4.43. The van der Waals surface area contributed by atoms with Crippen LogP contribution < -0.4 is 4.74 Å². The van der Waals surface area contributed by atoms with Crippen LogP contribution in [0.15, 0.2) is 18.2 Å². The first-order valence-electron chi connectivity index (χ1n) is 6.32. The van der Waals surface area contributed by atoms with Crippen LogP contribution in [0, 0.1) is 0 Å². The smallest absolute Gasteiger partial charge is 0.260 e. The van der Waals surface area contributed by atoms with Crippen molar-refractivity contribution < 1.29 is 19.4 Å². The summed E-state index contributed by atoms with van der Waals surface area (Å²) in [5, 5.41) is 9.64. The average Bonchev–Trinajstić information content (AvgIpc) is 2.89. The number of amides is 1. The van der Waals surface area contributed by atoms with E-state index in [1.165, 1.54) is 19.1 Å². The van der Waals surface area contributed by atoms with Gasteiger partial charge in [0.25, 0.3) is 5.91 Å². The van der Waals surface area contributed by atoms with Gasteiger partial charge in [0.15, 0.2) is 12.4 Å². The Labute approximate surface area is 111 Å². The van der Waals surface area contributed by atoms with E-state index in [0.717, 1.165) is 25.9 Å². The van der Waals surface area contributed by atoms with Crippen LogP contribution in [-0.2, 0) is 4.79 Å². The summed E-state index contributed by atoms with van der Waals surface area (Å²) in [4.78, 5) is 24.7. The number of phenolic OH excluding ortho intramolecular Hbond substituents is 1. The number of Topliss-reactive ketones (excluding diaryl/α,β-unsaturated/α-hetero) is 1. The molecule has 0 bridgehead atoms. The van der Waals surface area contributed by atoms with Crippen LogP contribution in [0.4, 0.5) is 0 Å². The van der Waals surface area contributed by atoms with Gasteiger partial charge in [-0.25, -0.2) is 0 Å². The normalized spacial score (nSPS) is 14.5. The van der Waals surface area contributed by atoms with E-state index >= 15 is 0 Å². The van der Waals surface area contributed by atoms with Crippen LogP contribution in [0.25, 0.3) is 0 Å². The van der Waals surface area contributed by atoms with Gasteiger partial charge in [-0.2, -0.15) is 0 Å². The summed E-state index contributed by atoms with van der Waals surface area (Å²) in [7, 11) is 0. The molecule has 0 spiro atoms. The molecule has 0 aromatic heterocycles. The van der Waals surface area contributed by atoms with Gasteiger partial charge in [-0.15, -0.1) is 0 Å². The molecule has 1 N–H and O–H groups in total. The van der Waals surface area contributed by atoms with Crippen molar-refractivity contribution in [3.63, 3.8) is 0 Å². The monoisotopic (exact) mass is 263 g/mol. The van der Waals surface area contributed by atoms with Crippen LogP contribution in [0.3, 0.4) is 0 Å². The summed E-state index contributed by atoms with van der Waals surface area (Å²) < 4.78 is 5.33.